The van der Waals surface area contributed by atoms with Gasteiger partial charge >= 0.3 is 0 Å². The van der Waals surface area contributed by atoms with Gasteiger partial charge in [-0.2, -0.15) is 15.3 Å². The number of anilines is 2. The van der Waals surface area contributed by atoms with Crippen LogP contribution in [0, 0.1) is 11.3 Å². The van der Waals surface area contributed by atoms with Crippen LogP contribution in [0.2, 0.25) is 0 Å². The maximum absolute atomic E-state index is 13.0. The van der Waals surface area contributed by atoms with E-state index in [1.54, 1.807) is 18.2 Å². The van der Waals surface area contributed by atoms with Crippen molar-refractivity contribution in [2.24, 2.45) is 0 Å². The number of nitrogens with zero attached hydrogens (tertiary/aromatic N) is 5. The first-order valence-corrected chi connectivity index (χ1v) is 10.4. The molecular weight excluding hydrogens is 378 g/mol. The highest BCUT2D eigenvalue weighted by Crippen LogP contribution is 2.40. The minimum absolute atomic E-state index is 0.141. The number of hydrogen-bond donors (Lipinski definition) is 2. The molecule has 1 atom stereocenters. The monoisotopic (exact) mass is 401 g/mol. The Labute approximate surface area is 174 Å². The predicted molar refractivity (Wildman–Crippen MR) is 113 cm³/mol. The number of hydrogen-bond acceptors (Lipinski definition) is 6. The van der Waals surface area contributed by atoms with E-state index in [1.807, 2.05) is 24.7 Å². The van der Waals surface area contributed by atoms with Crippen molar-refractivity contribution < 1.29 is 4.79 Å². The van der Waals surface area contributed by atoms with Crippen LogP contribution in [0.1, 0.15) is 68.3 Å². The molecule has 8 nitrogen and oxygen atoms in total. The van der Waals surface area contributed by atoms with Crippen molar-refractivity contribution in [2.75, 3.05) is 10.6 Å². The number of carbonyl (C=O) groups is 1. The fourth-order valence-electron chi connectivity index (χ4n) is 4.45. The second kappa shape index (κ2) is 7.10. The summed E-state index contributed by atoms with van der Waals surface area (Å²) in [5.74, 6) is -0.293. The summed E-state index contributed by atoms with van der Waals surface area (Å²) in [6.45, 7) is 4.03. The minimum Gasteiger partial charge on any atom is -0.352 e. The lowest BCUT2D eigenvalue weighted by molar-refractivity contribution is -0.116. The van der Waals surface area contributed by atoms with Gasteiger partial charge in [0.1, 0.15) is 5.92 Å². The van der Waals surface area contributed by atoms with Gasteiger partial charge in [0.15, 0.2) is 5.65 Å². The molecule has 3 aromatic rings. The zero-order valence-corrected chi connectivity index (χ0v) is 17.0. The maximum Gasteiger partial charge on any atom is 0.238 e. The van der Waals surface area contributed by atoms with E-state index in [4.69, 9.17) is 10.1 Å². The van der Waals surface area contributed by atoms with Crippen molar-refractivity contribution in [3.8, 4) is 6.07 Å². The number of amides is 1. The Morgan fingerprint density at radius 2 is 2.07 bits per heavy atom. The Kier molecular flexibility index (Phi) is 4.39. The Hall–Kier alpha value is -3.47. The van der Waals surface area contributed by atoms with E-state index >= 15 is 0 Å². The highest BCUT2D eigenvalue weighted by molar-refractivity contribution is 6.06. The molecule has 1 aromatic carbocycles. The topological polar surface area (TPSA) is 109 Å². The highest BCUT2D eigenvalue weighted by Gasteiger charge is 2.36. The van der Waals surface area contributed by atoms with E-state index in [2.05, 4.69) is 21.7 Å². The molecule has 3 heterocycles. The molecule has 1 unspecified atom stereocenters. The van der Waals surface area contributed by atoms with Crippen LogP contribution in [0.5, 0.6) is 0 Å². The lowest BCUT2D eigenvalue weighted by Gasteiger charge is -2.13. The average molecular weight is 401 g/mol. The molecule has 0 spiro atoms. The van der Waals surface area contributed by atoms with Crippen molar-refractivity contribution in [1.82, 2.24) is 19.7 Å². The molecule has 0 radical (unpaired) electrons. The summed E-state index contributed by atoms with van der Waals surface area (Å²) in [6.07, 6.45) is 6.60. The summed E-state index contributed by atoms with van der Waals surface area (Å²) < 4.78 is 1.99. The molecular formula is C22H23N7O. The van der Waals surface area contributed by atoms with Crippen molar-refractivity contribution >= 4 is 28.6 Å². The quantitative estimate of drug-likeness (QED) is 0.690. The lowest BCUT2D eigenvalue weighted by atomic mass is 9.94. The fraction of sp³-hybridized carbons (Fsp3) is 0.409. The molecule has 0 saturated heterocycles. The summed E-state index contributed by atoms with van der Waals surface area (Å²) in [4.78, 5) is 22.3. The summed E-state index contributed by atoms with van der Waals surface area (Å²) in [7, 11) is 0. The van der Waals surface area contributed by atoms with Gasteiger partial charge in [-0.25, -0.2) is 4.98 Å². The third-order valence-electron chi connectivity index (χ3n) is 5.83. The molecule has 1 fully saturated rings. The Morgan fingerprint density at radius 3 is 2.80 bits per heavy atom. The molecule has 1 saturated carbocycles. The van der Waals surface area contributed by atoms with Crippen LogP contribution in [0.3, 0.4) is 0 Å². The highest BCUT2D eigenvalue weighted by atomic mass is 16.2. The zero-order valence-electron chi connectivity index (χ0n) is 17.0. The minimum atomic E-state index is -0.604. The van der Waals surface area contributed by atoms with Crippen molar-refractivity contribution in [2.45, 2.75) is 57.5 Å². The number of rotatable bonds is 4. The fourth-order valence-corrected chi connectivity index (χ4v) is 4.45. The number of carbonyl (C=O) groups excluding carboxylic acids is 1. The molecule has 2 aliphatic rings. The van der Waals surface area contributed by atoms with E-state index in [0.29, 0.717) is 28.9 Å². The van der Waals surface area contributed by atoms with E-state index in [0.717, 1.165) is 29.5 Å². The second-order valence-electron chi connectivity index (χ2n) is 8.35. The van der Waals surface area contributed by atoms with Gasteiger partial charge in [0.25, 0.3) is 0 Å². The average Bonchev–Trinajstić information content (AvgIpc) is 3.44. The molecule has 2 aromatic heterocycles. The van der Waals surface area contributed by atoms with Crippen LogP contribution in [-0.2, 0) is 4.79 Å². The first-order chi connectivity index (χ1) is 14.5. The third kappa shape index (κ3) is 3.07. The molecule has 30 heavy (non-hydrogen) atoms. The molecule has 5 rings (SSSR count). The van der Waals surface area contributed by atoms with Gasteiger partial charge in [-0.1, -0.05) is 12.8 Å². The largest absolute Gasteiger partial charge is 0.352 e. The number of nitriles is 1. The Bertz CT molecular complexity index is 1180. The Balaban J connectivity index is 1.69. The maximum atomic E-state index is 13.0. The molecule has 8 heteroatoms. The normalized spacial score (nSPS) is 18.6. The number of fused-ring (bicyclic) bond motifs is 2. The van der Waals surface area contributed by atoms with E-state index in [-0.39, 0.29) is 11.9 Å². The summed E-state index contributed by atoms with van der Waals surface area (Å²) in [5, 5.41) is 21.0. The van der Waals surface area contributed by atoms with Crippen LogP contribution in [0.4, 0.5) is 11.6 Å². The first kappa shape index (κ1) is 18.6. The van der Waals surface area contributed by atoms with Crippen LogP contribution in [-0.4, -0.2) is 31.7 Å². The van der Waals surface area contributed by atoms with Gasteiger partial charge in [0, 0.05) is 17.9 Å². The Morgan fingerprint density at radius 1 is 1.27 bits per heavy atom. The van der Waals surface area contributed by atoms with Crippen molar-refractivity contribution in [3.63, 3.8) is 0 Å². The summed E-state index contributed by atoms with van der Waals surface area (Å²) in [6, 6.07) is 7.92. The molecule has 1 aliphatic carbocycles. The van der Waals surface area contributed by atoms with Gasteiger partial charge < -0.3 is 10.6 Å². The lowest BCUT2D eigenvalue weighted by Crippen LogP contribution is -2.18. The summed E-state index contributed by atoms with van der Waals surface area (Å²) in [5.41, 5.74) is 3.22. The van der Waals surface area contributed by atoms with Gasteiger partial charge in [-0.15, -0.1) is 0 Å². The van der Waals surface area contributed by atoms with Crippen molar-refractivity contribution in [3.05, 3.63) is 41.2 Å². The smallest absolute Gasteiger partial charge is 0.238 e. The molecule has 152 valence electrons. The number of aromatic nitrogens is 4. The van der Waals surface area contributed by atoms with Crippen LogP contribution >= 0.6 is 0 Å². The van der Waals surface area contributed by atoms with Crippen molar-refractivity contribution in [1.29, 1.82) is 5.26 Å². The predicted octanol–water partition coefficient (Wildman–Crippen LogP) is 3.72. The zero-order chi connectivity index (χ0) is 20.8. The standard InChI is InChI=1S/C22H23N7O/c1-12(2)24-22-26-19(16-11-29(28-20(16)27-22)14-5-3-4-6-14)18-15-9-13(10-23)7-8-17(15)25-21(18)30/h7-9,11-12,14,18H,3-6H2,1-2H3,(H,25,30)(H,24,27,28). The molecule has 0 bridgehead atoms. The van der Waals surface area contributed by atoms with E-state index < -0.39 is 5.92 Å². The van der Waals surface area contributed by atoms with E-state index in [1.165, 1.54) is 12.8 Å². The van der Waals surface area contributed by atoms with Gasteiger partial charge in [0.05, 0.1) is 28.8 Å². The first-order valence-electron chi connectivity index (χ1n) is 10.4. The molecule has 2 N–H and O–H groups in total. The van der Waals surface area contributed by atoms with E-state index in [9.17, 15) is 10.1 Å². The number of nitrogens with one attached hydrogen (secondary N) is 2. The van der Waals surface area contributed by atoms with Gasteiger partial charge in [-0.3, -0.25) is 9.48 Å². The number of benzene rings is 1. The second-order valence-corrected chi connectivity index (χ2v) is 8.35. The van der Waals surface area contributed by atoms with Gasteiger partial charge in [0.2, 0.25) is 11.9 Å². The molecule has 1 amide bonds. The third-order valence-corrected chi connectivity index (χ3v) is 5.83. The van der Waals surface area contributed by atoms with Gasteiger partial charge in [-0.05, 0) is 50.5 Å². The summed E-state index contributed by atoms with van der Waals surface area (Å²) >= 11 is 0. The van der Waals surface area contributed by atoms with Crippen LogP contribution in [0.25, 0.3) is 11.0 Å². The van der Waals surface area contributed by atoms with Crippen LogP contribution < -0.4 is 10.6 Å². The SMILES string of the molecule is CC(C)Nc1nc(C2C(=O)Nc3ccc(C#N)cc32)c2cn(C3CCCC3)nc2n1. The molecule has 1 aliphatic heterocycles. The van der Waals surface area contributed by atoms with Crippen LogP contribution in [0.15, 0.2) is 24.4 Å².